The van der Waals surface area contributed by atoms with Gasteiger partial charge in [0.15, 0.2) is 0 Å². The molecule has 1 heterocycles. The SMILES string of the molecule is COCc1cccc(CNC2CCNC2)c1. The van der Waals surface area contributed by atoms with E-state index in [4.69, 9.17) is 4.74 Å². The third-order valence-electron chi connectivity index (χ3n) is 2.96. The van der Waals surface area contributed by atoms with Gasteiger partial charge < -0.3 is 15.4 Å². The zero-order valence-electron chi connectivity index (χ0n) is 9.83. The van der Waals surface area contributed by atoms with Crippen LogP contribution in [0.1, 0.15) is 17.5 Å². The van der Waals surface area contributed by atoms with Gasteiger partial charge >= 0.3 is 0 Å². The molecular weight excluding hydrogens is 200 g/mol. The first-order chi connectivity index (χ1) is 7.88. The number of rotatable bonds is 5. The summed E-state index contributed by atoms with van der Waals surface area (Å²) in [6, 6.07) is 9.20. The normalized spacial score (nSPS) is 20.2. The fourth-order valence-electron chi connectivity index (χ4n) is 2.09. The Morgan fingerprint density at radius 3 is 3.06 bits per heavy atom. The molecule has 1 fully saturated rings. The second-order valence-corrected chi connectivity index (χ2v) is 4.32. The first-order valence-electron chi connectivity index (χ1n) is 5.89. The third kappa shape index (κ3) is 3.30. The Bertz CT molecular complexity index is 321. The Morgan fingerprint density at radius 1 is 1.44 bits per heavy atom. The molecule has 1 aromatic carbocycles. The minimum atomic E-state index is 0.631. The minimum Gasteiger partial charge on any atom is -0.380 e. The zero-order valence-corrected chi connectivity index (χ0v) is 9.83. The average Bonchev–Trinajstić information content (AvgIpc) is 2.80. The maximum atomic E-state index is 5.13. The van der Waals surface area contributed by atoms with Crippen molar-refractivity contribution >= 4 is 0 Å². The van der Waals surface area contributed by atoms with E-state index in [1.807, 2.05) is 0 Å². The summed E-state index contributed by atoms with van der Waals surface area (Å²) in [5.74, 6) is 0. The van der Waals surface area contributed by atoms with Gasteiger partial charge in [-0.05, 0) is 24.1 Å². The highest BCUT2D eigenvalue weighted by molar-refractivity contribution is 5.22. The lowest BCUT2D eigenvalue weighted by Gasteiger charge is -2.11. The fourth-order valence-corrected chi connectivity index (χ4v) is 2.09. The lowest BCUT2D eigenvalue weighted by Crippen LogP contribution is -2.30. The van der Waals surface area contributed by atoms with Crippen molar-refractivity contribution < 1.29 is 4.74 Å². The molecule has 0 spiro atoms. The van der Waals surface area contributed by atoms with Crippen molar-refractivity contribution in [2.45, 2.75) is 25.6 Å². The average molecular weight is 220 g/mol. The molecular formula is C13H20N2O. The minimum absolute atomic E-state index is 0.631. The highest BCUT2D eigenvalue weighted by atomic mass is 16.5. The summed E-state index contributed by atoms with van der Waals surface area (Å²) < 4.78 is 5.13. The van der Waals surface area contributed by atoms with Gasteiger partial charge in [0.2, 0.25) is 0 Å². The molecule has 1 aliphatic rings. The Hall–Kier alpha value is -0.900. The van der Waals surface area contributed by atoms with E-state index < -0.39 is 0 Å². The molecule has 3 nitrogen and oxygen atoms in total. The quantitative estimate of drug-likeness (QED) is 0.784. The summed E-state index contributed by atoms with van der Waals surface area (Å²) in [7, 11) is 1.73. The highest BCUT2D eigenvalue weighted by Gasteiger charge is 2.12. The van der Waals surface area contributed by atoms with Crippen molar-refractivity contribution in [2.24, 2.45) is 0 Å². The number of benzene rings is 1. The van der Waals surface area contributed by atoms with Crippen molar-refractivity contribution in [3.63, 3.8) is 0 Å². The molecule has 1 unspecified atom stereocenters. The summed E-state index contributed by atoms with van der Waals surface area (Å²) >= 11 is 0. The van der Waals surface area contributed by atoms with Gasteiger partial charge in [-0.2, -0.15) is 0 Å². The lowest BCUT2D eigenvalue weighted by atomic mass is 10.1. The molecule has 0 aliphatic carbocycles. The molecule has 0 bridgehead atoms. The van der Waals surface area contributed by atoms with E-state index in [1.54, 1.807) is 7.11 Å². The summed E-state index contributed by atoms with van der Waals surface area (Å²) in [4.78, 5) is 0. The topological polar surface area (TPSA) is 33.3 Å². The maximum absolute atomic E-state index is 5.13. The molecule has 0 radical (unpaired) electrons. The summed E-state index contributed by atoms with van der Waals surface area (Å²) in [5, 5.41) is 6.92. The van der Waals surface area contributed by atoms with Crippen LogP contribution in [0.5, 0.6) is 0 Å². The summed E-state index contributed by atoms with van der Waals surface area (Å²) in [6.45, 7) is 3.88. The standard InChI is InChI=1S/C13H20N2O/c1-16-10-12-4-2-3-11(7-12)8-15-13-5-6-14-9-13/h2-4,7,13-15H,5-6,8-10H2,1H3. The molecule has 2 rings (SSSR count). The summed E-state index contributed by atoms with van der Waals surface area (Å²) in [6.07, 6.45) is 1.23. The van der Waals surface area contributed by atoms with Crippen LogP contribution in [0.15, 0.2) is 24.3 Å². The van der Waals surface area contributed by atoms with Gasteiger partial charge in [-0.1, -0.05) is 24.3 Å². The van der Waals surface area contributed by atoms with Crippen LogP contribution >= 0.6 is 0 Å². The highest BCUT2D eigenvalue weighted by Crippen LogP contribution is 2.07. The lowest BCUT2D eigenvalue weighted by molar-refractivity contribution is 0.185. The summed E-state index contributed by atoms with van der Waals surface area (Å²) in [5.41, 5.74) is 2.58. The van der Waals surface area contributed by atoms with Crippen molar-refractivity contribution in [1.29, 1.82) is 0 Å². The molecule has 1 aromatic rings. The smallest absolute Gasteiger partial charge is 0.0713 e. The van der Waals surface area contributed by atoms with Gasteiger partial charge in [-0.3, -0.25) is 0 Å². The van der Waals surface area contributed by atoms with E-state index >= 15 is 0 Å². The van der Waals surface area contributed by atoms with Gasteiger partial charge in [-0.25, -0.2) is 0 Å². The second-order valence-electron chi connectivity index (χ2n) is 4.32. The van der Waals surface area contributed by atoms with E-state index in [-0.39, 0.29) is 0 Å². The Kier molecular flexibility index (Phi) is 4.34. The Morgan fingerprint density at radius 2 is 2.31 bits per heavy atom. The largest absolute Gasteiger partial charge is 0.380 e. The first kappa shape index (κ1) is 11.6. The molecule has 0 saturated carbocycles. The van der Waals surface area contributed by atoms with E-state index in [9.17, 15) is 0 Å². The van der Waals surface area contributed by atoms with Crippen LogP contribution in [0.4, 0.5) is 0 Å². The van der Waals surface area contributed by atoms with Crippen LogP contribution in [0.3, 0.4) is 0 Å². The van der Waals surface area contributed by atoms with E-state index in [2.05, 4.69) is 34.9 Å². The molecule has 0 aromatic heterocycles. The number of methoxy groups -OCH3 is 1. The van der Waals surface area contributed by atoms with E-state index in [0.717, 1.165) is 19.6 Å². The number of hydrogen-bond donors (Lipinski definition) is 2. The van der Waals surface area contributed by atoms with Gasteiger partial charge in [0, 0.05) is 26.2 Å². The molecule has 1 saturated heterocycles. The Labute approximate surface area is 97.2 Å². The van der Waals surface area contributed by atoms with Gasteiger partial charge in [0.05, 0.1) is 6.61 Å². The van der Waals surface area contributed by atoms with Crippen LogP contribution in [0.2, 0.25) is 0 Å². The van der Waals surface area contributed by atoms with Crippen LogP contribution in [0.25, 0.3) is 0 Å². The van der Waals surface area contributed by atoms with Crippen LogP contribution < -0.4 is 10.6 Å². The number of ether oxygens (including phenoxy) is 1. The molecule has 0 amide bonds. The van der Waals surface area contributed by atoms with E-state index in [1.165, 1.54) is 17.5 Å². The predicted octanol–water partition coefficient (Wildman–Crippen LogP) is 1.28. The molecule has 2 N–H and O–H groups in total. The van der Waals surface area contributed by atoms with Crippen LogP contribution in [-0.4, -0.2) is 26.2 Å². The van der Waals surface area contributed by atoms with Gasteiger partial charge in [-0.15, -0.1) is 0 Å². The van der Waals surface area contributed by atoms with Crippen molar-refractivity contribution in [3.05, 3.63) is 35.4 Å². The van der Waals surface area contributed by atoms with Crippen LogP contribution in [0, 0.1) is 0 Å². The number of hydrogen-bond acceptors (Lipinski definition) is 3. The predicted molar refractivity (Wildman–Crippen MR) is 65.3 cm³/mol. The molecule has 88 valence electrons. The van der Waals surface area contributed by atoms with Gasteiger partial charge in [0.25, 0.3) is 0 Å². The first-order valence-corrected chi connectivity index (χ1v) is 5.89. The van der Waals surface area contributed by atoms with E-state index in [0.29, 0.717) is 12.6 Å². The zero-order chi connectivity index (χ0) is 11.2. The van der Waals surface area contributed by atoms with Crippen molar-refractivity contribution in [3.8, 4) is 0 Å². The third-order valence-corrected chi connectivity index (χ3v) is 2.96. The maximum Gasteiger partial charge on any atom is 0.0713 e. The number of nitrogens with one attached hydrogen (secondary N) is 2. The fraction of sp³-hybridized carbons (Fsp3) is 0.538. The second kappa shape index (κ2) is 5.99. The Balaban J connectivity index is 1.85. The molecule has 16 heavy (non-hydrogen) atoms. The molecule has 1 atom stereocenters. The van der Waals surface area contributed by atoms with Crippen molar-refractivity contribution in [2.75, 3.05) is 20.2 Å². The molecule has 1 aliphatic heterocycles. The van der Waals surface area contributed by atoms with Crippen molar-refractivity contribution in [1.82, 2.24) is 10.6 Å². The molecule has 3 heteroatoms. The monoisotopic (exact) mass is 220 g/mol. The van der Waals surface area contributed by atoms with Crippen LogP contribution in [-0.2, 0) is 17.9 Å². The van der Waals surface area contributed by atoms with Gasteiger partial charge in [0.1, 0.15) is 0 Å².